The molecule has 0 aliphatic rings. The number of carbonyl (C=O) groups is 1. The number of pyridine rings is 1. The molecule has 1 amide bonds. The number of halogens is 1. The molecule has 0 fully saturated rings. The summed E-state index contributed by atoms with van der Waals surface area (Å²) in [5, 5.41) is 12.6. The van der Waals surface area contributed by atoms with Crippen molar-refractivity contribution in [2.24, 2.45) is 0 Å². The Balaban J connectivity index is 2.10. The molecule has 1 N–H and O–H groups in total. The average Bonchev–Trinajstić information content (AvgIpc) is 2.97. The van der Waals surface area contributed by atoms with Crippen molar-refractivity contribution in [3.05, 3.63) is 34.8 Å². The van der Waals surface area contributed by atoms with E-state index in [1.54, 1.807) is 6.92 Å². The average molecular weight is 361 g/mol. The van der Waals surface area contributed by atoms with Crippen molar-refractivity contribution in [3.63, 3.8) is 0 Å². The van der Waals surface area contributed by atoms with Crippen LogP contribution in [0.3, 0.4) is 0 Å². The van der Waals surface area contributed by atoms with Crippen molar-refractivity contribution < 1.29 is 9.18 Å². The molecule has 0 atom stereocenters. The van der Waals surface area contributed by atoms with E-state index in [9.17, 15) is 14.4 Å². The van der Waals surface area contributed by atoms with Crippen LogP contribution >= 0.6 is 11.3 Å². The van der Waals surface area contributed by atoms with Gasteiger partial charge < -0.3 is 5.32 Å². The molecular weight excluding hydrogens is 341 g/mol. The van der Waals surface area contributed by atoms with Crippen LogP contribution in [0.1, 0.15) is 48.0 Å². The van der Waals surface area contributed by atoms with E-state index in [0.29, 0.717) is 27.9 Å². The monoisotopic (exact) mass is 361 g/mol. The largest absolute Gasteiger partial charge is 0.351 e. The maximum atomic E-state index is 13.3. The topological polar surface area (TPSA) is 81.9 Å². The number of anilines is 2. The lowest BCUT2D eigenvalue weighted by atomic mass is 10.2. The van der Waals surface area contributed by atoms with Gasteiger partial charge in [0.1, 0.15) is 5.69 Å². The third kappa shape index (κ3) is 4.97. The van der Waals surface area contributed by atoms with E-state index in [2.05, 4.69) is 22.2 Å². The van der Waals surface area contributed by atoms with Crippen LogP contribution in [-0.2, 0) is 0 Å². The second-order valence-corrected chi connectivity index (χ2v) is 6.67. The molecule has 2 aromatic rings. The Morgan fingerprint density at radius 3 is 2.92 bits per heavy atom. The van der Waals surface area contributed by atoms with Crippen molar-refractivity contribution in [2.75, 3.05) is 11.4 Å². The Labute approximate surface area is 150 Å². The number of carbonyl (C=O) groups excluding carboxylic acids is 1. The van der Waals surface area contributed by atoms with Crippen LogP contribution in [0.4, 0.5) is 15.2 Å². The van der Waals surface area contributed by atoms with Crippen molar-refractivity contribution in [2.45, 2.75) is 39.5 Å². The highest BCUT2D eigenvalue weighted by molar-refractivity contribution is 7.16. The molecule has 25 heavy (non-hydrogen) atoms. The van der Waals surface area contributed by atoms with Crippen LogP contribution in [0.2, 0.25) is 0 Å². The predicted molar refractivity (Wildman–Crippen MR) is 95.3 cm³/mol. The molecule has 2 rings (SSSR count). The highest BCUT2D eigenvalue weighted by Crippen LogP contribution is 2.30. The number of aromatic nitrogens is 2. The highest BCUT2D eigenvalue weighted by atomic mass is 32.1. The molecule has 6 nitrogen and oxygen atoms in total. The van der Waals surface area contributed by atoms with Gasteiger partial charge in [0.25, 0.3) is 5.91 Å². The minimum Gasteiger partial charge on any atom is -0.351 e. The fourth-order valence-corrected chi connectivity index (χ4v) is 3.15. The van der Waals surface area contributed by atoms with Gasteiger partial charge in [0.05, 0.1) is 5.69 Å². The van der Waals surface area contributed by atoms with Gasteiger partial charge in [-0.25, -0.2) is 14.9 Å². The molecule has 0 radical (unpaired) electrons. The second kappa shape index (κ2) is 9.08. The number of unbranched alkanes of at least 4 members (excludes halogenated alkanes) is 3. The smallest absolute Gasteiger partial charge is 0.271 e. The van der Waals surface area contributed by atoms with Gasteiger partial charge in [-0.15, -0.1) is 11.3 Å². The van der Waals surface area contributed by atoms with Gasteiger partial charge in [0.2, 0.25) is 11.1 Å². The molecule has 132 valence electrons. The van der Waals surface area contributed by atoms with Crippen LogP contribution < -0.4 is 10.2 Å². The molecule has 0 spiro atoms. The number of nitrogens with zero attached hydrogens (tertiary/aromatic N) is 4. The van der Waals surface area contributed by atoms with E-state index in [1.807, 2.05) is 6.19 Å². The van der Waals surface area contributed by atoms with Crippen molar-refractivity contribution in [1.82, 2.24) is 15.3 Å². The minimum atomic E-state index is -0.684. The van der Waals surface area contributed by atoms with Crippen molar-refractivity contribution in [1.29, 1.82) is 5.26 Å². The van der Waals surface area contributed by atoms with E-state index in [0.717, 1.165) is 31.7 Å². The lowest BCUT2D eigenvalue weighted by molar-refractivity contribution is 0.0948. The van der Waals surface area contributed by atoms with E-state index in [4.69, 9.17) is 0 Å². The fraction of sp³-hybridized carbons (Fsp3) is 0.412. The number of nitriles is 1. The molecule has 0 saturated heterocycles. The molecule has 0 aromatic carbocycles. The Hall–Kier alpha value is -2.53. The third-order valence-corrected chi connectivity index (χ3v) is 4.53. The number of nitrogens with one attached hydrogen (secondary N) is 1. The van der Waals surface area contributed by atoms with Crippen LogP contribution in [0.25, 0.3) is 0 Å². The fourth-order valence-electron chi connectivity index (χ4n) is 2.27. The van der Waals surface area contributed by atoms with Gasteiger partial charge in [-0.2, -0.15) is 9.65 Å². The number of rotatable bonds is 8. The summed E-state index contributed by atoms with van der Waals surface area (Å²) in [4.78, 5) is 21.9. The summed E-state index contributed by atoms with van der Waals surface area (Å²) in [5.41, 5.74) is 0.612. The van der Waals surface area contributed by atoms with Gasteiger partial charge in [0, 0.05) is 23.7 Å². The van der Waals surface area contributed by atoms with Crippen LogP contribution in [0.15, 0.2) is 18.3 Å². The summed E-state index contributed by atoms with van der Waals surface area (Å²) in [6.07, 6.45) is 7.53. The zero-order valence-electron chi connectivity index (χ0n) is 14.3. The van der Waals surface area contributed by atoms with E-state index >= 15 is 0 Å². The Morgan fingerprint density at radius 1 is 1.44 bits per heavy atom. The molecule has 0 bridgehead atoms. The van der Waals surface area contributed by atoms with E-state index in [1.165, 1.54) is 28.5 Å². The van der Waals surface area contributed by atoms with Crippen LogP contribution in [0, 0.1) is 24.3 Å². The first-order valence-electron chi connectivity index (χ1n) is 8.13. The molecule has 0 unspecified atom stereocenters. The summed E-state index contributed by atoms with van der Waals surface area (Å²) >= 11 is 1.21. The van der Waals surface area contributed by atoms with E-state index in [-0.39, 0.29) is 5.91 Å². The normalized spacial score (nSPS) is 10.3. The molecule has 2 aromatic heterocycles. The summed E-state index contributed by atoms with van der Waals surface area (Å²) in [6.45, 7) is 4.51. The van der Waals surface area contributed by atoms with E-state index < -0.39 is 5.95 Å². The molecular formula is C17H20FN5OS. The number of aryl methyl sites for hydroxylation is 1. The zero-order chi connectivity index (χ0) is 18.2. The molecule has 2 heterocycles. The maximum Gasteiger partial charge on any atom is 0.271 e. The minimum absolute atomic E-state index is 0.254. The number of hydrogen-bond acceptors (Lipinski definition) is 6. The summed E-state index contributed by atoms with van der Waals surface area (Å²) in [5.74, 6) is -0.939. The van der Waals surface area contributed by atoms with Gasteiger partial charge in [-0.3, -0.25) is 4.79 Å². The summed E-state index contributed by atoms with van der Waals surface area (Å²) in [7, 11) is 0. The first kappa shape index (κ1) is 18.8. The third-order valence-electron chi connectivity index (χ3n) is 3.58. The first-order chi connectivity index (χ1) is 12.1. The van der Waals surface area contributed by atoms with Crippen molar-refractivity contribution >= 4 is 28.1 Å². The standard InChI is InChI=1S/C17H20FN5OS/c1-3-4-5-6-8-21-16(24)15-12(2)25-17(22-15)23(11-19)13-7-9-20-14(18)10-13/h7,9-10H,3-6,8H2,1-2H3,(H,21,24). The number of thiazole rings is 1. The lowest BCUT2D eigenvalue weighted by Gasteiger charge is -2.11. The first-order valence-corrected chi connectivity index (χ1v) is 8.95. The quantitative estimate of drug-likeness (QED) is 0.334. The SMILES string of the molecule is CCCCCCNC(=O)c1nc(N(C#N)c2ccnc(F)c2)sc1C. The summed E-state index contributed by atoms with van der Waals surface area (Å²) in [6, 6.07) is 2.66. The predicted octanol–water partition coefficient (Wildman–Crippen LogP) is 3.91. The molecule has 0 aliphatic heterocycles. The lowest BCUT2D eigenvalue weighted by Crippen LogP contribution is -2.25. The Kier molecular flexibility index (Phi) is 6.83. The zero-order valence-corrected chi connectivity index (χ0v) is 15.1. The Bertz CT molecular complexity index is 771. The maximum absolute atomic E-state index is 13.3. The molecule has 0 saturated carbocycles. The van der Waals surface area contributed by atoms with Gasteiger partial charge in [-0.1, -0.05) is 26.2 Å². The summed E-state index contributed by atoms with van der Waals surface area (Å²) < 4.78 is 13.3. The highest BCUT2D eigenvalue weighted by Gasteiger charge is 2.20. The van der Waals surface area contributed by atoms with Gasteiger partial charge in [0.15, 0.2) is 6.19 Å². The number of amides is 1. The Morgan fingerprint density at radius 2 is 2.24 bits per heavy atom. The van der Waals surface area contributed by atoms with Gasteiger partial charge >= 0.3 is 0 Å². The molecule has 8 heteroatoms. The number of hydrogen-bond donors (Lipinski definition) is 1. The second-order valence-electron chi connectivity index (χ2n) is 5.49. The van der Waals surface area contributed by atoms with Crippen molar-refractivity contribution in [3.8, 4) is 6.19 Å². The molecule has 0 aliphatic carbocycles. The van der Waals surface area contributed by atoms with Crippen LogP contribution in [-0.4, -0.2) is 22.4 Å². The van der Waals surface area contributed by atoms with Gasteiger partial charge in [-0.05, 0) is 19.4 Å². The van der Waals surface area contributed by atoms with Crippen LogP contribution in [0.5, 0.6) is 0 Å².